The molecule has 0 radical (unpaired) electrons. The highest BCUT2D eigenvalue weighted by Gasteiger charge is 2.47. The van der Waals surface area contributed by atoms with Crippen molar-refractivity contribution in [1.29, 1.82) is 5.26 Å². The first-order valence-electron chi connectivity index (χ1n) is 9.38. The molecule has 28 heavy (non-hydrogen) atoms. The van der Waals surface area contributed by atoms with Gasteiger partial charge in [-0.05, 0) is 43.9 Å². The Balaban J connectivity index is 1.37. The molecule has 0 unspecified atom stereocenters. The van der Waals surface area contributed by atoms with Crippen LogP contribution in [0.2, 0.25) is 5.02 Å². The molecule has 3 aliphatic rings. The average molecular weight is 413 g/mol. The van der Waals surface area contributed by atoms with Crippen LogP contribution in [0.5, 0.6) is 0 Å². The molecule has 1 aromatic rings. The second-order valence-corrected chi connectivity index (χ2v) is 8.16. The Hall–Kier alpha value is -2.14. The second-order valence-electron chi connectivity index (χ2n) is 7.75. The maximum atomic E-state index is 12.9. The van der Waals surface area contributed by atoms with Crippen molar-refractivity contribution in [2.75, 3.05) is 18.0 Å². The Bertz CT molecular complexity index is 824. The van der Waals surface area contributed by atoms with Gasteiger partial charge in [0.15, 0.2) is 6.19 Å². The Kier molecular flexibility index (Phi) is 4.82. The topological polar surface area (TPSA) is 59.4 Å². The summed E-state index contributed by atoms with van der Waals surface area (Å²) in [5.74, 6) is -0.272. The number of rotatable bonds is 3. The lowest BCUT2D eigenvalue weighted by atomic mass is 9.95. The van der Waals surface area contributed by atoms with Crippen LogP contribution in [0.15, 0.2) is 18.2 Å². The molecule has 0 saturated carbocycles. The third kappa shape index (κ3) is 3.37. The van der Waals surface area contributed by atoms with Crippen LogP contribution >= 0.6 is 11.6 Å². The molecule has 2 bridgehead atoms. The number of amides is 1. The van der Waals surface area contributed by atoms with Crippen LogP contribution in [0.4, 0.5) is 18.9 Å². The number of carbonyl (C=O) groups excluding carboxylic acids is 1. The van der Waals surface area contributed by atoms with Gasteiger partial charge in [0.1, 0.15) is 0 Å². The van der Waals surface area contributed by atoms with Gasteiger partial charge in [-0.2, -0.15) is 18.4 Å². The van der Waals surface area contributed by atoms with Gasteiger partial charge in [0, 0.05) is 24.8 Å². The van der Waals surface area contributed by atoms with E-state index in [0.29, 0.717) is 25.2 Å². The summed E-state index contributed by atoms with van der Waals surface area (Å²) in [6.07, 6.45) is 1.09. The molecule has 0 aromatic heterocycles. The zero-order valence-electron chi connectivity index (χ0n) is 15.0. The Labute approximate surface area is 166 Å². The van der Waals surface area contributed by atoms with Crippen molar-refractivity contribution in [1.82, 2.24) is 10.2 Å². The fraction of sp³-hybridized carbons (Fsp3) is 0.579. The minimum Gasteiger partial charge on any atom is -0.371 e. The summed E-state index contributed by atoms with van der Waals surface area (Å²) < 4.78 is 38.6. The lowest BCUT2D eigenvalue weighted by molar-refractivity contribution is -0.137. The van der Waals surface area contributed by atoms with E-state index in [-0.39, 0.29) is 35.0 Å². The van der Waals surface area contributed by atoms with Crippen LogP contribution in [-0.2, 0) is 11.0 Å². The summed E-state index contributed by atoms with van der Waals surface area (Å²) in [6, 6.07) is 4.01. The molecule has 1 aromatic carbocycles. The molecular weight excluding hydrogens is 393 g/mol. The first-order chi connectivity index (χ1) is 13.3. The molecule has 0 spiro atoms. The molecule has 3 saturated heterocycles. The van der Waals surface area contributed by atoms with Crippen LogP contribution in [0.1, 0.15) is 31.2 Å². The maximum absolute atomic E-state index is 12.9. The predicted octanol–water partition coefficient (Wildman–Crippen LogP) is 3.39. The van der Waals surface area contributed by atoms with E-state index in [0.717, 1.165) is 25.3 Å². The summed E-state index contributed by atoms with van der Waals surface area (Å²) in [5, 5.41) is 12.0. The Morgan fingerprint density at radius 3 is 2.71 bits per heavy atom. The fourth-order valence-corrected chi connectivity index (χ4v) is 5.02. The smallest absolute Gasteiger partial charge is 0.371 e. The van der Waals surface area contributed by atoms with Crippen molar-refractivity contribution in [3.8, 4) is 6.19 Å². The van der Waals surface area contributed by atoms with E-state index >= 15 is 0 Å². The van der Waals surface area contributed by atoms with Crippen molar-refractivity contribution in [3.63, 3.8) is 0 Å². The van der Waals surface area contributed by atoms with E-state index in [2.05, 4.69) is 11.5 Å². The molecule has 4 atom stereocenters. The summed E-state index contributed by atoms with van der Waals surface area (Å²) in [4.78, 5) is 16.4. The lowest BCUT2D eigenvalue weighted by Crippen LogP contribution is -2.46. The Morgan fingerprint density at radius 1 is 1.29 bits per heavy atom. The monoisotopic (exact) mass is 412 g/mol. The number of nitrogens with one attached hydrogen (secondary N) is 1. The largest absolute Gasteiger partial charge is 0.417 e. The lowest BCUT2D eigenvalue weighted by Gasteiger charge is -2.24. The zero-order chi connectivity index (χ0) is 20.1. The van der Waals surface area contributed by atoms with Crippen LogP contribution in [0, 0.1) is 17.4 Å². The standard InChI is InChI=1S/C19H20ClF3N4O/c20-15-7-12(1-3-14(15)19(21,22)23)26-6-5-11(9-26)18(28)25-16-8-13-2-4-17(16)27(13)10-24/h1,3,7,11,13,16-17H,2,4-6,8-9H2,(H,25,28)/t11-,13-,16+,17+/m0/s1. The van der Waals surface area contributed by atoms with Crippen molar-refractivity contribution >= 4 is 23.2 Å². The van der Waals surface area contributed by atoms with Crippen molar-refractivity contribution in [2.24, 2.45) is 5.92 Å². The highest BCUT2D eigenvalue weighted by molar-refractivity contribution is 6.31. The van der Waals surface area contributed by atoms with E-state index in [4.69, 9.17) is 11.6 Å². The first kappa shape index (κ1) is 19.2. The van der Waals surface area contributed by atoms with Crippen LogP contribution in [0.3, 0.4) is 0 Å². The van der Waals surface area contributed by atoms with Gasteiger partial charge in [-0.25, -0.2) is 0 Å². The number of hydrogen-bond donors (Lipinski definition) is 1. The third-order valence-electron chi connectivity index (χ3n) is 6.16. The maximum Gasteiger partial charge on any atom is 0.417 e. The van der Waals surface area contributed by atoms with E-state index in [1.807, 2.05) is 4.90 Å². The summed E-state index contributed by atoms with van der Waals surface area (Å²) in [6.45, 7) is 1.02. The van der Waals surface area contributed by atoms with Crippen LogP contribution in [-0.4, -0.2) is 42.0 Å². The highest BCUT2D eigenvalue weighted by Crippen LogP contribution is 2.38. The number of halogens is 4. The second kappa shape index (κ2) is 7.03. The average Bonchev–Trinajstić information content (AvgIpc) is 3.34. The van der Waals surface area contributed by atoms with Gasteiger partial charge in [-0.15, -0.1) is 0 Å². The number of nitriles is 1. The number of benzene rings is 1. The molecule has 1 N–H and O–H groups in total. The molecule has 3 fully saturated rings. The van der Waals surface area contributed by atoms with Gasteiger partial charge in [0.05, 0.1) is 28.6 Å². The van der Waals surface area contributed by atoms with Crippen LogP contribution in [0.25, 0.3) is 0 Å². The van der Waals surface area contributed by atoms with Crippen molar-refractivity contribution < 1.29 is 18.0 Å². The fourth-order valence-electron chi connectivity index (χ4n) is 4.74. The molecule has 4 rings (SSSR count). The summed E-state index contributed by atoms with van der Waals surface area (Å²) in [5.41, 5.74) is -0.270. The third-order valence-corrected chi connectivity index (χ3v) is 6.47. The quantitative estimate of drug-likeness (QED) is 0.773. The van der Waals surface area contributed by atoms with E-state index < -0.39 is 11.7 Å². The van der Waals surface area contributed by atoms with Gasteiger partial charge in [0.2, 0.25) is 5.91 Å². The van der Waals surface area contributed by atoms with Crippen molar-refractivity contribution in [2.45, 2.75) is 50.0 Å². The molecule has 150 valence electrons. The Morgan fingerprint density at radius 2 is 2.07 bits per heavy atom. The van der Waals surface area contributed by atoms with Gasteiger partial charge < -0.3 is 15.1 Å². The molecule has 9 heteroatoms. The molecule has 0 aliphatic carbocycles. The van der Waals surface area contributed by atoms with Gasteiger partial charge in [-0.1, -0.05) is 11.6 Å². The molecule has 5 nitrogen and oxygen atoms in total. The molecule has 1 amide bonds. The minimum absolute atomic E-state index is 0.000429. The highest BCUT2D eigenvalue weighted by atomic mass is 35.5. The number of anilines is 1. The SMILES string of the molecule is N#CN1[C@H]2CC[C@@H]1[C@H](NC(=O)[C@H]1CCN(c3ccc(C(F)(F)F)c(Cl)c3)C1)C2. The van der Waals surface area contributed by atoms with Gasteiger partial charge >= 0.3 is 6.18 Å². The predicted molar refractivity (Wildman–Crippen MR) is 97.6 cm³/mol. The number of carbonyl (C=O) groups is 1. The minimum atomic E-state index is -4.49. The number of hydrogen-bond acceptors (Lipinski definition) is 4. The molecule has 3 heterocycles. The van der Waals surface area contributed by atoms with E-state index in [9.17, 15) is 23.2 Å². The molecule has 3 aliphatic heterocycles. The number of fused-ring (bicyclic) bond motifs is 2. The summed E-state index contributed by atoms with van der Waals surface area (Å²) >= 11 is 5.81. The first-order valence-corrected chi connectivity index (χ1v) is 9.76. The van der Waals surface area contributed by atoms with E-state index in [1.165, 1.54) is 12.1 Å². The van der Waals surface area contributed by atoms with E-state index in [1.54, 1.807) is 4.90 Å². The normalized spacial score (nSPS) is 29.2. The van der Waals surface area contributed by atoms with Gasteiger partial charge in [0.25, 0.3) is 0 Å². The van der Waals surface area contributed by atoms with Gasteiger partial charge in [-0.3, -0.25) is 4.79 Å². The van der Waals surface area contributed by atoms with Crippen LogP contribution < -0.4 is 10.2 Å². The number of alkyl halides is 3. The number of nitrogens with zero attached hydrogens (tertiary/aromatic N) is 3. The summed E-state index contributed by atoms with van der Waals surface area (Å²) in [7, 11) is 0. The van der Waals surface area contributed by atoms with Crippen molar-refractivity contribution in [3.05, 3.63) is 28.8 Å². The zero-order valence-corrected chi connectivity index (χ0v) is 15.8. The molecular formula is C19H20ClF3N4O.